The van der Waals surface area contributed by atoms with Crippen molar-refractivity contribution in [3.8, 4) is 11.5 Å². The molecule has 98 valence electrons. The van der Waals surface area contributed by atoms with Crippen LogP contribution in [0.4, 0.5) is 11.4 Å². The molecule has 0 aliphatic heterocycles. The maximum absolute atomic E-state index is 8.77. The second-order valence-corrected chi connectivity index (χ2v) is 3.19. The van der Waals surface area contributed by atoms with Gasteiger partial charge in [-0.1, -0.05) is 0 Å². The Balaban J connectivity index is -0.000000750. The zero-order chi connectivity index (χ0) is 11.4. The Kier molecular flexibility index (Phi) is 12.7. The van der Waals surface area contributed by atoms with E-state index < -0.39 is 0 Å². The van der Waals surface area contributed by atoms with Crippen LogP contribution in [0.2, 0.25) is 0 Å². The molecule has 1 aromatic carbocycles. The molecule has 0 heterocycles. The summed E-state index contributed by atoms with van der Waals surface area (Å²) in [5, 5.41) is 8.77. The first-order chi connectivity index (χ1) is 7.13. The average Bonchev–Trinajstić information content (AvgIpc) is 2.26. The number of hydrogen-bond acceptors (Lipinski definition) is 4. The minimum Gasteiger partial charge on any atom is -1.00 e. The third kappa shape index (κ3) is 4.85. The number of hydrogen-bond donors (Lipinski definition) is 0. The van der Waals surface area contributed by atoms with Gasteiger partial charge in [-0.05, 0) is 0 Å². The van der Waals surface area contributed by atoms with E-state index in [9.17, 15) is 0 Å². The monoisotopic (exact) mass is 342 g/mol. The molecule has 0 saturated heterocycles. The molecule has 0 amide bonds. The molecule has 0 N–H and O–H groups in total. The molecule has 0 radical (unpaired) electrons. The second-order valence-electron chi connectivity index (χ2n) is 3.19. The normalized spacial score (nSPS) is 7.72. The van der Waals surface area contributed by atoms with Gasteiger partial charge < -0.3 is 39.2 Å². The van der Waals surface area contributed by atoms with Gasteiger partial charge in [0.1, 0.15) is 0 Å². The molecular weight excluding hydrogens is 330 g/mol. The van der Waals surface area contributed by atoms with Crippen LogP contribution in [0, 0.1) is 5.39 Å². The number of rotatable bonds is 3. The summed E-state index contributed by atoms with van der Waals surface area (Å²) in [7, 11) is 6.88. The van der Waals surface area contributed by atoms with Gasteiger partial charge in [0.25, 0.3) is 0 Å². The van der Waals surface area contributed by atoms with Gasteiger partial charge in [0.05, 0.1) is 26.0 Å². The Morgan fingerprint density at radius 1 is 1.06 bits per heavy atom. The van der Waals surface area contributed by atoms with Gasteiger partial charge in [-0.3, -0.25) is 0 Å². The Morgan fingerprint density at radius 2 is 1.56 bits per heavy atom. The summed E-state index contributed by atoms with van der Waals surface area (Å²) in [5.41, 5.74) is 1.21. The smallest absolute Gasteiger partial charge is 0.430 e. The minimum absolute atomic E-state index is 0. The minimum atomic E-state index is 0. The van der Waals surface area contributed by atoms with Gasteiger partial charge >= 0.3 is 5.69 Å². The van der Waals surface area contributed by atoms with Gasteiger partial charge in [0.2, 0.25) is 11.1 Å². The van der Waals surface area contributed by atoms with Gasteiger partial charge in [0, 0.05) is 39.6 Å². The van der Waals surface area contributed by atoms with Crippen LogP contribution in [0.25, 0.3) is 4.98 Å². The molecule has 0 aliphatic carbocycles. The molecule has 0 atom stereocenters. The summed E-state index contributed by atoms with van der Waals surface area (Å²) in [6.07, 6.45) is 0. The van der Waals surface area contributed by atoms with Crippen molar-refractivity contribution in [1.29, 1.82) is 5.39 Å². The van der Waals surface area contributed by atoms with Crippen molar-refractivity contribution in [2.24, 2.45) is 0 Å². The predicted octanol–water partition coefficient (Wildman–Crippen LogP) is -3.74. The summed E-state index contributed by atoms with van der Waals surface area (Å²) in [4.78, 5) is 5.02. The molecular formula is C10H14Cl2N3O2Zn-. The first kappa shape index (κ1) is 22.4. The summed E-state index contributed by atoms with van der Waals surface area (Å²) in [6, 6.07) is 3.38. The van der Waals surface area contributed by atoms with E-state index in [0.29, 0.717) is 17.2 Å². The summed E-state index contributed by atoms with van der Waals surface area (Å²) >= 11 is 0. The largest absolute Gasteiger partial charge is 1.00 e. The maximum atomic E-state index is 8.77. The maximum Gasteiger partial charge on any atom is 0.430 e. The Hall–Kier alpha value is -0.757. The number of anilines is 1. The van der Waals surface area contributed by atoms with Crippen molar-refractivity contribution in [2.75, 3.05) is 33.2 Å². The quantitative estimate of drug-likeness (QED) is 0.418. The topological polar surface area (TPSA) is 49.9 Å². The fourth-order valence-electron chi connectivity index (χ4n) is 1.29. The molecule has 1 rings (SSSR count). The number of nitrogens with zero attached hydrogens (tertiary/aromatic N) is 3. The predicted molar refractivity (Wildman–Crippen MR) is 58.6 cm³/mol. The number of benzene rings is 1. The molecule has 0 aliphatic rings. The van der Waals surface area contributed by atoms with E-state index in [2.05, 4.69) is 4.98 Å². The third-order valence-electron chi connectivity index (χ3n) is 2.07. The standard InChI is InChI=1S/C10H14N3O2.2ClH.Zn/c1-13(2)8-6-9(14-3)7(12-11)5-10(8)15-4;;;/h5-6H,1-4H3;2*1H;/q+1;;;/p-2. The van der Waals surface area contributed by atoms with E-state index in [4.69, 9.17) is 14.9 Å². The first-order valence-electron chi connectivity index (χ1n) is 4.42. The van der Waals surface area contributed by atoms with Crippen LogP contribution in [-0.4, -0.2) is 28.3 Å². The van der Waals surface area contributed by atoms with Crippen LogP contribution >= 0.6 is 0 Å². The van der Waals surface area contributed by atoms with Crippen LogP contribution in [0.15, 0.2) is 12.1 Å². The van der Waals surface area contributed by atoms with Crippen LogP contribution < -0.4 is 39.2 Å². The van der Waals surface area contributed by atoms with Crippen molar-refractivity contribution < 1.29 is 53.8 Å². The molecule has 0 unspecified atom stereocenters. The van der Waals surface area contributed by atoms with Crippen LogP contribution in [-0.2, 0) is 19.5 Å². The molecule has 5 nitrogen and oxygen atoms in total. The van der Waals surface area contributed by atoms with Crippen molar-refractivity contribution in [2.45, 2.75) is 0 Å². The van der Waals surface area contributed by atoms with Crippen LogP contribution in [0.1, 0.15) is 0 Å². The van der Waals surface area contributed by atoms with E-state index >= 15 is 0 Å². The van der Waals surface area contributed by atoms with E-state index in [0.717, 1.165) is 5.69 Å². The van der Waals surface area contributed by atoms with Crippen molar-refractivity contribution in [3.63, 3.8) is 0 Å². The molecule has 18 heavy (non-hydrogen) atoms. The van der Waals surface area contributed by atoms with Gasteiger partial charge in [0.15, 0.2) is 10.7 Å². The zero-order valence-electron chi connectivity index (χ0n) is 10.8. The number of ether oxygens (including phenoxy) is 2. The third-order valence-corrected chi connectivity index (χ3v) is 2.07. The van der Waals surface area contributed by atoms with Gasteiger partial charge in [-0.25, -0.2) is 0 Å². The second kappa shape index (κ2) is 10.2. The van der Waals surface area contributed by atoms with Crippen molar-refractivity contribution >= 4 is 11.4 Å². The Labute approximate surface area is 132 Å². The fraction of sp³-hybridized carbons (Fsp3) is 0.400. The molecule has 1 aromatic rings. The molecule has 0 spiro atoms. The van der Waals surface area contributed by atoms with Crippen molar-refractivity contribution in [1.82, 2.24) is 0 Å². The van der Waals surface area contributed by atoms with Gasteiger partial charge in [-0.15, -0.1) is 0 Å². The zero-order valence-corrected chi connectivity index (χ0v) is 15.3. The summed E-state index contributed by atoms with van der Waals surface area (Å²) in [6.45, 7) is 0. The average molecular weight is 345 g/mol. The fourth-order valence-corrected chi connectivity index (χ4v) is 1.29. The molecule has 0 bridgehead atoms. The molecule has 0 aromatic heterocycles. The Morgan fingerprint density at radius 3 is 1.89 bits per heavy atom. The van der Waals surface area contributed by atoms with Crippen LogP contribution in [0.3, 0.4) is 0 Å². The molecule has 8 heteroatoms. The number of methoxy groups -OCH3 is 2. The van der Waals surface area contributed by atoms with Gasteiger partial charge in [-0.2, -0.15) is 0 Å². The van der Waals surface area contributed by atoms with E-state index in [1.165, 1.54) is 7.11 Å². The van der Waals surface area contributed by atoms with E-state index in [1.54, 1.807) is 19.2 Å². The van der Waals surface area contributed by atoms with E-state index in [1.807, 2.05) is 19.0 Å². The van der Waals surface area contributed by atoms with Crippen LogP contribution in [0.5, 0.6) is 11.5 Å². The number of diazo groups is 1. The first-order valence-corrected chi connectivity index (χ1v) is 4.42. The summed E-state index contributed by atoms with van der Waals surface area (Å²) in [5.74, 6) is 1.13. The molecule has 0 saturated carbocycles. The SMILES string of the molecule is COc1cc(N(C)C)c(OC)cc1[N+]#N.[Cl-].[Cl-].[Zn]. The van der Waals surface area contributed by atoms with Crippen molar-refractivity contribution in [3.05, 3.63) is 17.1 Å². The summed E-state index contributed by atoms with van der Waals surface area (Å²) < 4.78 is 10.3. The number of halogens is 2. The molecule has 0 fully saturated rings. The van der Waals surface area contributed by atoms with E-state index in [-0.39, 0.29) is 44.3 Å². The Bertz CT molecular complexity index is 411.